The highest BCUT2D eigenvalue weighted by Gasteiger charge is 2.60. The maximum atomic E-state index is 13.5. The van der Waals surface area contributed by atoms with E-state index in [1.807, 2.05) is 55.1 Å². The van der Waals surface area contributed by atoms with Gasteiger partial charge in [0.1, 0.15) is 23.1 Å². The summed E-state index contributed by atoms with van der Waals surface area (Å²) in [7, 11) is 3.29. The van der Waals surface area contributed by atoms with E-state index in [9.17, 15) is 19.5 Å². The molecule has 3 unspecified atom stereocenters. The number of allylic oxidation sites excluding steroid dienone is 1. The van der Waals surface area contributed by atoms with Gasteiger partial charge in [0.25, 0.3) is 0 Å². The molecule has 3 heterocycles. The van der Waals surface area contributed by atoms with Gasteiger partial charge in [0.2, 0.25) is 5.91 Å². The molecule has 1 fully saturated rings. The highest BCUT2D eigenvalue weighted by Crippen LogP contribution is 2.45. The van der Waals surface area contributed by atoms with E-state index in [0.29, 0.717) is 42.2 Å². The van der Waals surface area contributed by atoms with Crippen LogP contribution in [0.2, 0.25) is 0 Å². The van der Waals surface area contributed by atoms with Crippen molar-refractivity contribution in [2.24, 2.45) is 5.92 Å². The molecule has 1 aromatic carbocycles. The van der Waals surface area contributed by atoms with Crippen LogP contribution in [0, 0.1) is 12.8 Å². The molecule has 0 saturated heterocycles. The number of aliphatic carboxylic acids is 1. The van der Waals surface area contributed by atoms with Crippen molar-refractivity contribution in [2.75, 3.05) is 27.3 Å². The lowest BCUT2D eigenvalue weighted by Crippen LogP contribution is -2.55. The Hall–Kier alpha value is -4.61. The number of aromatic nitrogens is 3. The number of carboxylic acids is 1. The van der Waals surface area contributed by atoms with Crippen LogP contribution in [0.4, 0.5) is 4.79 Å². The molecule has 1 saturated carbocycles. The molecule has 3 amide bonds. The van der Waals surface area contributed by atoms with E-state index < -0.39 is 29.5 Å². The summed E-state index contributed by atoms with van der Waals surface area (Å²) >= 11 is 0. The zero-order valence-electron chi connectivity index (χ0n) is 25.6. The molecule has 234 valence electrons. The fourth-order valence-corrected chi connectivity index (χ4v) is 5.59. The van der Waals surface area contributed by atoms with Crippen LogP contribution in [-0.2, 0) is 16.1 Å². The largest absolute Gasteiger partial charge is 0.496 e. The Morgan fingerprint density at radius 3 is 2.77 bits per heavy atom. The Labute approximate surface area is 256 Å². The van der Waals surface area contributed by atoms with Gasteiger partial charge in [-0.25, -0.2) is 14.6 Å². The van der Waals surface area contributed by atoms with Gasteiger partial charge in [0.05, 0.1) is 31.1 Å². The molecule has 2 aliphatic rings. The number of hydrogen-bond acceptors (Lipinski definition) is 7. The number of fused-ring (bicyclic) bond motifs is 2. The lowest BCUT2D eigenvalue weighted by molar-refractivity contribution is -0.143. The van der Waals surface area contributed by atoms with Gasteiger partial charge in [-0.2, -0.15) is 5.10 Å². The second-order valence-corrected chi connectivity index (χ2v) is 11.4. The van der Waals surface area contributed by atoms with Crippen LogP contribution in [0.15, 0.2) is 42.7 Å². The summed E-state index contributed by atoms with van der Waals surface area (Å²) in [4.78, 5) is 45.2. The van der Waals surface area contributed by atoms with Crippen LogP contribution in [0.1, 0.15) is 44.6 Å². The first-order valence-electron chi connectivity index (χ1n) is 15.0. The van der Waals surface area contributed by atoms with E-state index in [2.05, 4.69) is 15.7 Å². The van der Waals surface area contributed by atoms with Crippen LogP contribution in [0.25, 0.3) is 22.2 Å². The van der Waals surface area contributed by atoms with Gasteiger partial charge in [0.15, 0.2) is 0 Å². The van der Waals surface area contributed by atoms with Crippen LogP contribution in [0.5, 0.6) is 11.5 Å². The molecule has 44 heavy (non-hydrogen) atoms. The predicted octanol–water partition coefficient (Wildman–Crippen LogP) is 3.91. The van der Waals surface area contributed by atoms with Gasteiger partial charge >= 0.3 is 12.0 Å². The minimum absolute atomic E-state index is 0.0728. The Bertz CT molecular complexity index is 1580. The number of urea groups is 1. The van der Waals surface area contributed by atoms with E-state index in [0.717, 1.165) is 35.8 Å². The summed E-state index contributed by atoms with van der Waals surface area (Å²) in [6.45, 7) is 5.26. The number of carboxylic acid groups (broad SMARTS) is 1. The summed E-state index contributed by atoms with van der Waals surface area (Å²) in [6, 6.07) is 4.17. The summed E-state index contributed by atoms with van der Waals surface area (Å²) < 4.78 is 13.6. The monoisotopic (exact) mass is 604 g/mol. The molecule has 12 heteroatoms. The number of nitrogens with one attached hydrogen (secondary N) is 2. The number of carbonyl (C=O) groups excluding carboxylic acids is 2. The maximum Gasteiger partial charge on any atom is 0.330 e. The third-order valence-corrected chi connectivity index (χ3v) is 8.47. The molecular weight excluding hydrogens is 564 g/mol. The Kier molecular flexibility index (Phi) is 9.07. The SMILES string of the molecule is CCn1cc(-c2cc(OCCC3NC(=O)N(C)CCCCC=CC4CC4(C(=O)O)NC3=O)c3ccc(OC)c(C)c3n2)cn1. The van der Waals surface area contributed by atoms with Gasteiger partial charge < -0.3 is 30.1 Å². The van der Waals surface area contributed by atoms with Gasteiger partial charge in [-0.1, -0.05) is 12.2 Å². The second kappa shape index (κ2) is 12.9. The first-order chi connectivity index (χ1) is 21.2. The first kappa shape index (κ1) is 30.8. The Balaban J connectivity index is 1.41. The van der Waals surface area contributed by atoms with Crippen molar-refractivity contribution in [1.29, 1.82) is 0 Å². The highest BCUT2D eigenvalue weighted by molar-refractivity contribution is 5.94. The second-order valence-electron chi connectivity index (χ2n) is 11.4. The van der Waals surface area contributed by atoms with E-state index in [1.165, 1.54) is 0 Å². The van der Waals surface area contributed by atoms with Crippen molar-refractivity contribution < 1.29 is 29.0 Å². The Morgan fingerprint density at radius 2 is 2.05 bits per heavy atom. The number of nitrogens with zero attached hydrogens (tertiary/aromatic N) is 4. The number of methoxy groups -OCH3 is 1. The number of aryl methyl sites for hydroxylation is 2. The fourth-order valence-electron chi connectivity index (χ4n) is 5.59. The smallest absolute Gasteiger partial charge is 0.330 e. The van der Waals surface area contributed by atoms with E-state index in [1.54, 1.807) is 25.3 Å². The fraction of sp³-hybridized carbons (Fsp3) is 0.469. The molecule has 12 nitrogen and oxygen atoms in total. The molecule has 5 rings (SSSR count). The van der Waals surface area contributed by atoms with Crippen LogP contribution in [0.3, 0.4) is 0 Å². The standard InChI is InChI=1S/C32H40N6O6/c1-5-38-19-21(18-33-38)25-16-27(23-11-12-26(43-4)20(2)28(23)34-25)44-15-13-24-29(39)36-32(30(40)41)17-22(32)10-8-6-7-9-14-37(3)31(42)35-24/h8,10-12,16,18-19,22,24H,5-7,9,13-15,17H2,1-4H3,(H,35,42)(H,36,39)(H,40,41). The molecule has 0 bridgehead atoms. The van der Waals surface area contributed by atoms with Crippen molar-refractivity contribution in [2.45, 2.75) is 64.1 Å². The number of amides is 3. The average Bonchev–Trinajstić information content (AvgIpc) is 3.49. The maximum absolute atomic E-state index is 13.5. The molecule has 2 aromatic heterocycles. The molecular formula is C32H40N6O6. The van der Waals surface area contributed by atoms with Crippen molar-refractivity contribution >= 4 is 28.8 Å². The molecule has 1 aliphatic carbocycles. The van der Waals surface area contributed by atoms with E-state index in [-0.39, 0.29) is 18.9 Å². The van der Waals surface area contributed by atoms with Gasteiger partial charge in [0, 0.05) is 61.3 Å². The molecule has 3 atom stereocenters. The van der Waals surface area contributed by atoms with Gasteiger partial charge in [-0.15, -0.1) is 0 Å². The zero-order chi connectivity index (χ0) is 31.4. The predicted molar refractivity (Wildman–Crippen MR) is 165 cm³/mol. The molecule has 0 radical (unpaired) electrons. The lowest BCUT2D eigenvalue weighted by Gasteiger charge is -2.25. The first-order valence-corrected chi connectivity index (χ1v) is 15.0. The molecule has 3 N–H and O–H groups in total. The van der Waals surface area contributed by atoms with Crippen molar-refractivity contribution in [3.8, 4) is 22.8 Å². The molecule has 3 aromatic rings. The molecule has 1 aliphatic heterocycles. The van der Waals surface area contributed by atoms with Crippen LogP contribution < -0.4 is 20.1 Å². The van der Waals surface area contributed by atoms with E-state index >= 15 is 0 Å². The summed E-state index contributed by atoms with van der Waals surface area (Å²) in [5, 5.41) is 20.7. The number of hydrogen-bond donors (Lipinski definition) is 3. The number of pyridine rings is 1. The lowest BCUT2D eigenvalue weighted by atomic mass is 10.1. The van der Waals surface area contributed by atoms with Crippen molar-refractivity contribution in [3.63, 3.8) is 0 Å². The topological polar surface area (TPSA) is 148 Å². The number of rotatable bonds is 8. The van der Waals surface area contributed by atoms with Crippen LogP contribution >= 0.6 is 0 Å². The Morgan fingerprint density at radius 1 is 1.23 bits per heavy atom. The molecule has 0 spiro atoms. The van der Waals surface area contributed by atoms with Crippen molar-refractivity contribution in [3.05, 3.63) is 48.3 Å². The highest BCUT2D eigenvalue weighted by atomic mass is 16.5. The third kappa shape index (κ3) is 6.34. The van der Waals surface area contributed by atoms with Crippen LogP contribution in [-0.4, -0.2) is 81.6 Å². The minimum Gasteiger partial charge on any atom is -0.496 e. The van der Waals surface area contributed by atoms with E-state index in [4.69, 9.17) is 14.5 Å². The third-order valence-electron chi connectivity index (χ3n) is 8.47. The van der Waals surface area contributed by atoms with Gasteiger partial charge in [-0.3, -0.25) is 9.48 Å². The number of benzene rings is 1. The number of carbonyl (C=O) groups is 3. The van der Waals surface area contributed by atoms with Crippen molar-refractivity contribution in [1.82, 2.24) is 30.3 Å². The summed E-state index contributed by atoms with van der Waals surface area (Å²) in [5.74, 6) is -0.682. The zero-order valence-corrected chi connectivity index (χ0v) is 25.6. The normalized spacial score (nSPS) is 22.5. The number of ether oxygens (including phenoxy) is 2. The average molecular weight is 605 g/mol. The summed E-state index contributed by atoms with van der Waals surface area (Å²) in [6.07, 6.45) is 10.4. The summed E-state index contributed by atoms with van der Waals surface area (Å²) in [5.41, 5.74) is 1.69. The van der Waals surface area contributed by atoms with Gasteiger partial charge in [-0.05, 0) is 51.7 Å². The minimum atomic E-state index is -1.37. The quantitative estimate of drug-likeness (QED) is 0.328.